The second-order valence-corrected chi connectivity index (χ2v) is 5.03. The number of hydrogen-bond acceptors (Lipinski definition) is 4. The molecule has 0 aliphatic carbocycles. The summed E-state index contributed by atoms with van der Waals surface area (Å²) < 4.78 is 0. The third-order valence-electron chi connectivity index (χ3n) is 3.81. The van der Waals surface area contributed by atoms with Gasteiger partial charge in [0.2, 0.25) is 0 Å². The zero-order chi connectivity index (χ0) is 13.8. The van der Waals surface area contributed by atoms with Crippen LogP contribution in [0.4, 0.5) is 5.82 Å². The molecule has 0 saturated carbocycles. The molecule has 0 radical (unpaired) electrons. The number of carbonyl (C=O) groups excluding carboxylic acids is 1. The highest BCUT2D eigenvalue weighted by atomic mass is 16.2. The predicted octanol–water partition coefficient (Wildman–Crippen LogP) is 1.22. The van der Waals surface area contributed by atoms with Crippen molar-refractivity contribution >= 4 is 11.7 Å². The van der Waals surface area contributed by atoms with Crippen molar-refractivity contribution in [3.05, 3.63) is 23.9 Å². The lowest BCUT2D eigenvalue weighted by molar-refractivity contribution is 0.0574. The number of nitrogens with two attached hydrogens (primary N) is 1. The first kappa shape index (κ1) is 13.8. The summed E-state index contributed by atoms with van der Waals surface area (Å²) in [6.45, 7) is 7.82. The molecule has 1 aromatic rings. The van der Waals surface area contributed by atoms with Gasteiger partial charge < -0.3 is 10.6 Å². The van der Waals surface area contributed by atoms with Gasteiger partial charge >= 0.3 is 0 Å². The van der Waals surface area contributed by atoms with Crippen molar-refractivity contribution < 1.29 is 4.79 Å². The SMILES string of the molecule is CCC(C)N1CCN(C(=O)c2cccc(N)n2)CC1. The normalized spacial score (nSPS) is 18.3. The van der Waals surface area contributed by atoms with E-state index in [2.05, 4.69) is 23.7 Å². The highest BCUT2D eigenvalue weighted by Crippen LogP contribution is 2.11. The molecule has 1 amide bonds. The molecular weight excluding hydrogens is 240 g/mol. The lowest BCUT2D eigenvalue weighted by Gasteiger charge is -2.37. The highest BCUT2D eigenvalue weighted by molar-refractivity contribution is 5.92. The summed E-state index contributed by atoms with van der Waals surface area (Å²) in [7, 11) is 0. The minimum absolute atomic E-state index is 0.0175. The van der Waals surface area contributed by atoms with Crippen LogP contribution in [0, 0.1) is 0 Å². The summed E-state index contributed by atoms with van der Waals surface area (Å²) in [5, 5.41) is 0. The Labute approximate surface area is 114 Å². The quantitative estimate of drug-likeness (QED) is 0.889. The maximum atomic E-state index is 12.3. The Morgan fingerprint density at radius 1 is 1.37 bits per heavy atom. The molecule has 0 bridgehead atoms. The molecule has 2 heterocycles. The van der Waals surface area contributed by atoms with E-state index in [1.54, 1.807) is 18.2 Å². The van der Waals surface area contributed by atoms with E-state index in [0.29, 0.717) is 17.6 Å². The van der Waals surface area contributed by atoms with Crippen LogP contribution in [0.5, 0.6) is 0 Å². The number of anilines is 1. The first-order valence-electron chi connectivity index (χ1n) is 6.87. The number of rotatable bonds is 3. The van der Waals surface area contributed by atoms with E-state index in [1.807, 2.05) is 4.90 Å². The van der Waals surface area contributed by atoms with Gasteiger partial charge in [-0.3, -0.25) is 9.69 Å². The molecule has 5 heteroatoms. The molecular formula is C14H22N4O. The zero-order valence-corrected chi connectivity index (χ0v) is 11.7. The van der Waals surface area contributed by atoms with Gasteiger partial charge in [-0.25, -0.2) is 4.98 Å². The monoisotopic (exact) mass is 262 g/mol. The molecule has 19 heavy (non-hydrogen) atoms. The average Bonchev–Trinajstić information content (AvgIpc) is 2.46. The molecule has 1 fully saturated rings. The zero-order valence-electron chi connectivity index (χ0n) is 11.7. The number of carbonyl (C=O) groups is 1. The van der Waals surface area contributed by atoms with E-state index >= 15 is 0 Å². The molecule has 1 atom stereocenters. The molecule has 2 rings (SSSR count). The van der Waals surface area contributed by atoms with Gasteiger partial charge in [0.15, 0.2) is 0 Å². The summed E-state index contributed by atoms with van der Waals surface area (Å²) in [5.41, 5.74) is 6.06. The second kappa shape index (κ2) is 6.02. The van der Waals surface area contributed by atoms with E-state index in [0.717, 1.165) is 32.6 Å². The van der Waals surface area contributed by atoms with Crippen LogP contribution >= 0.6 is 0 Å². The Balaban J connectivity index is 1.96. The average molecular weight is 262 g/mol. The maximum absolute atomic E-state index is 12.3. The Morgan fingerprint density at radius 3 is 2.63 bits per heavy atom. The van der Waals surface area contributed by atoms with Gasteiger partial charge in [0, 0.05) is 32.2 Å². The number of aromatic nitrogens is 1. The molecule has 1 aliphatic rings. The third kappa shape index (κ3) is 3.23. The second-order valence-electron chi connectivity index (χ2n) is 5.03. The van der Waals surface area contributed by atoms with Gasteiger partial charge in [0.1, 0.15) is 11.5 Å². The number of nitrogen functional groups attached to an aromatic ring is 1. The minimum atomic E-state index is -0.0175. The minimum Gasteiger partial charge on any atom is -0.384 e. The molecule has 0 aromatic carbocycles. The van der Waals surface area contributed by atoms with Crippen molar-refractivity contribution in [2.24, 2.45) is 0 Å². The molecule has 1 unspecified atom stereocenters. The molecule has 0 spiro atoms. The van der Waals surface area contributed by atoms with E-state index in [9.17, 15) is 4.79 Å². The summed E-state index contributed by atoms with van der Waals surface area (Å²) in [6.07, 6.45) is 1.14. The van der Waals surface area contributed by atoms with Crippen molar-refractivity contribution in [1.82, 2.24) is 14.8 Å². The fourth-order valence-electron chi connectivity index (χ4n) is 2.36. The number of hydrogen-bond donors (Lipinski definition) is 1. The standard InChI is InChI=1S/C14H22N4O/c1-3-11(2)17-7-9-18(10-8-17)14(19)12-5-4-6-13(15)16-12/h4-6,11H,3,7-10H2,1-2H3,(H2,15,16). The molecule has 104 valence electrons. The summed E-state index contributed by atoms with van der Waals surface area (Å²) in [5.74, 6) is 0.375. The van der Waals surface area contributed by atoms with Crippen LogP contribution in [0.2, 0.25) is 0 Å². The Morgan fingerprint density at radius 2 is 2.05 bits per heavy atom. The van der Waals surface area contributed by atoms with Crippen LogP contribution in [0.25, 0.3) is 0 Å². The van der Waals surface area contributed by atoms with Crippen molar-refractivity contribution in [1.29, 1.82) is 0 Å². The van der Waals surface area contributed by atoms with Crippen molar-refractivity contribution in [3.63, 3.8) is 0 Å². The van der Waals surface area contributed by atoms with Gasteiger partial charge in [-0.2, -0.15) is 0 Å². The highest BCUT2D eigenvalue weighted by Gasteiger charge is 2.24. The van der Waals surface area contributed by atoms with E-state index in [-0.39, 0.29) is 5.91 Å². The van der Waals surface area contributed by atoms with Crippen LogP contribution in [0.1, 0.15) is 30.8 Å². The molecule has 1 aliphatic heterocycles. The van der Waals surface area contributed by atoms with Crippen LogP contribution < -0.4 is 5.73 Å². The first-order chi connectivity index (χ1) is 9.11. The van der Waals surface area contributed by atoms with Crippen LogP contribution in [0.15, 0.2) is 18.2 Å². The molecule has 1 aromatic heterocycles. The van der Waals surface area contributed by atoms with Gasteiger partial charge in [-0.05, 0) is 25.5 Å². The number of nitrogens with zero attached hydrogens (tertiary/aromatic N) is 3. The van der Waals surface area contributed by atoms with Crippen LogP contribution in [-0.2, 0) is 0 Å². The predicted molar refractivity (Wildman–Crippen MR) is 75.9 cm³/mol. The smallest absolute Gasteiger partial charge is 0.272 e. The van der Waals surface area contributed by atoms with Crippen molar-refractivity contribution in [3.8, 4) is 0 Å². The van der Waals surface area contributed by atoms with Crippen LogP contribution in [0.3, 0.4) is 0 Å². The van der Waals surface area contributed by atoms with E-state index in [1.165, 1.54) is 0 Å². The van der Waals surface area contributed by atoms with Gasteiger partial charge in [-0.1, -0.05) is 13.0 Å². The lowest BCUT2D eigenvalue weighted by atomic mass is 10.2. The number of piperazine rings is 1. The number of pyridine rings is 1. The van der Waals surface area contributed by atoms with E-state index in [4.69, 9.17) is 5.73 Å². The van der Waals surface area contributed by atoms with Crippen molar-refractivity contribution in [2.45, 2.75) is 26.3 Å². The van der Waals surface area contributed by atoms with E-state index < -0.39 is 0 Å². The third-order valence-corrected chi connectivity index (χ3v) is 3.81. The van der Waals surface area contributed by atoms with Gasteiger partial charge in [0.25, 0.3) is 5.91 Å². The van der Waals surface area contributed by atoms with Crippen LogP contribution in [-0.4, -0.2) is 52.9 Å². The van der Waals surface area contributed by atoms with Crippen molar-refractivity contribution in [2.75, 3.05) is 31.9 Å². The molecule has 2 N–H and O–H groups in total. The fraction of sp³-hybridized carbons (Fsp3) is 0.571. The van der Waals surface area contributed by atoms with Gasteiger partial charge in [0.05, 0.1) is 0 Å². The largest absolute Gasteiger partial charge is 0.384 e. The lowest BCUT2D eigenvalue weighted by Crippen LogP contribution is -2.51. The summed E-state index contributed by atoms with van der Waals surface area (Å²) >= 11 is 0. The molecule has 1 saturated heterocycles. The summed E-state index contributed by atoms with van der Waals surface area (Å²) in [4.78, 5) is 20.7. The summed E-state index contributed by atoms with van der Waals surface area (Å²) in [6, 6.07) is 5.77. The number of amides is 1. The Bertz CT molecular complexity index is 441. The molecule has 5 nitrogen and oxygen atoms in total. The Kier molecular flexibility index (Phi) is 4.37. The Hall–Kier alpha value is -1.62. The first-order valence-corrected chi connectivity index (χ1v) is 6.87. The maximum Gasteiger partial charge on any atom is 0.272 e. The topological polar surface area (TPSA) is 62.5 Å². The van der Waals surface area contributed by atoms with Gasteiger partial charge in [-0.15, -0.1) is 0 Å². The fourth-order valence-corrected chi connectivity index (χ4v) is 2.36.